The Morgan fingerprint density at radius 1 is 1.60 bits per heavy atom. The molecule has 0 saturated carbocycles. The smallest absolute Gasteiger partial charge is 0.305 e. The van der Waals surface area contributed by atoms with E-state index in [1.165, 1.54) is 19.4 Å². The normalized spacial score (nSPS) is 19.9. The summed E-state index contributed by atoms with van der Waals surface area (Å²) in [5, 5.41) is 12.9. The summed E-state index contributed by atoms with van der Waals surface area (Å²) in [6.07, 6.45) is 6.46. The SMILES string of the molecule is CN(Cc1cnn(CCC(=O)O)c1)C[C@H]1CCCN1C. The van der Waals surface area contributed by atoms with E-state index in [9.17, 15) is 4.79 Å². The van der Waals surface area contributed by atoms with Gasteiger partial charge in [0.15, 0.2) is 0 Å². The highest BCUT2D eigenvalue weighted by atomic mass is 16.4. The third-order valence-electron chi connectivity index (χ3n) is 3.89. The molecular weight excluding hydrogens is 256 g/mol. The molecule has 1 saturated heterocycles. The molecule has 0 radical (unpaired) electrons. The van der Waals surface area contributed by atoms with Crippen LogP contribution in [0.15, 0.2) is 12.4 Å². The van der Waals surface area contributed by atoms with E-state index in [1.807, 2.05) is 12.4 Å². The minimum atomic E-state index is -0.788. The molecule has 0 aromatic carbocycles. The van der Waals surface area contributed by atoms with Gasteiger partial charge in [-0.3, -0.25) is 9.48 Å². The highest BCUT2D eigenvalue weighted by Crippen LogP contribution is 2.16. The number of carbonyl (C=O) groups is 1. The van der Waals surface area contributed by atoms with Gasteiger partial charge in [-0.1, -0.05) is 0 Å². The summed E-state index contributed by atoms with van der Waals surface area (Å²) in [7, 11) is 4.32. The highest BCUT2D eigenvalue weighted by molar-refractivity contribution is 5.66. The lowest BCUT2D eigenvalue weighted by molar-refractivity contribution is -0.137. The predicted molar refractivity (Wildman–Crippen MR) is 76.5 cm³/mol. The summed E-state index contributed by atoms with van der Waals surface area (Å²) in [4.78, 5) is 15.3. The summed E-state index contributed by atoms with van der Waals surface area (Å²) in [5.74, 6) is -0.788. The standard InChI is InChI=1S/C14H24N4O2/c1-16(11-13-4-3-6-17(13)2)9-12-8-15-18(10-12)7-5-14(19)20/h8,10,13H,3-7,9,11H2,1-2H3,(H,19,20)/t13-/m1/s1. The van der Waals surface area contributed by atoms with Crippen molar-refractivity contribution in [3.63, 3.8) is 0 Å². The van der Waals surface area contributed by atoms with Gasteiger partial charge in [-0.05, 0) is 33.5 Å². The molecule has 1 aromatic rings. The van der Waals surface area contributed by atoms with Gasteiger partial charge in [-0.15, -0.1) is 0 Å². The van der Waals surface area contributed by atoms with Crippen LogP contribution in [0.4, 0.5) is 0 Å². The molecule has 1 aliphatic rings. The first-order chi connectivity index (χ1) is 9.54. The molecule has 20 heavy (non-hydrogen) atoms. The quantitative estimate of drug-likeness (QED) is 0.803. The number of hydrogen-bond donors (Lipinski definition) is 1. The van der Waals surface area contributed by atoms with Gasteiger partial charge in [0.05, 0.1) is 19.2 Å². The van der Waals surface area contributed by atoms with Crippen molar-refractivity contribution in [2.75, 3.05) is 27.2 Å². The van der Waals surface area contributed by atoms with Gasteiger partial charge in [-0.25, -0.2) is 0 Å². The maximum absolute atomic E-state index is 10.5. The molecule has 0 unspecified atom stereocenters. The number of aryl methyl sites for hydroxylation is 1. The molecule has 2 heterocycles. The first-order valence-corrected chi connectivity index (χ1v) is 7.16. The first kappa shape index (κ1) is 15.0. The number of hydrogen-bond acceptors (Lipinski definition) is 4. The second kappa shape index (κ2) is 6.85. The molecule has 1 fully saturated rings. The Bertz CT molecular complexity index is 446. The fourth-order valence-electron chi connectivity index (χ4n) is 2.77. The van der Waals surface area contributed by atoms with E-state index in [2.05, 4.69) is 29.0 Å². The Hall–Kier alpha value is -1.40. The van der Waals surface area contributed by atoms with Crippen LogP contribution in [0.5, 0.6) is 0 Å². The van der Waals surface area contributed by atoms with Crippen molar-refractivity contribution in [2.24, 2.45) is 0 Å². The zero-order valence-corrected chi connectivity index (χ0v) is 12.3. The van der Waals surface area contributed by atoms with Crippen molar-refractivity contribution in [2.45, 2.75) is 38.4 Å². The second-order valence-electron chi connectivity index (χ2n) is 5.73. The summed E-state index contributed by atoms with van der Waals surface area (Å²) in [5.41, 5.74) is 1.14. The minimum Gasteiger partial charge on any atom is -0.481 e. The Morgan fingerprint density at radius 2 is 2.40 bits per heavy atom. The molecule has 112 valence electrons. The van der Waals surface area contributed by atoms with Crippen LogP contribution in [0.25, 0.3) is 0 Å². The van der Waals surface area contributed by atoms with Crippen molar-refractivity contribution in [1.29, 1.82) is 0 Å². The number of nitrogens with zero attached hydrogens (tertiary/aromatic N) is 4. The summed E-state index contributed by atoms with van der Waals surface area (Å²) in [6.45, 7) is 3.56. The number of aliphatic carboxylic acids is 1. The molecule has 2 rings (SSSR count). The van der Waals surface area contributed by atoms with E-state index < -0.39 is 5.97 Å². The van der Waals surface area contributed by atoms with Crippen molar-refractivity contribution in [3.8, 4) is 0 Å². The molecule has 0 bridgehead atoms. The predicted octanol–water partition coefficient (Wildman–Crippen LogP) is 0.884. The summed E-state index contributed by atoms with van der Waals surface area (Å²) in [6, 6.07) is 0.655. The van der Waals surface area contributed by atoms with Crippen LogP contribution >= 0.6 is 0 Å². The lowest BCUT2D eigenvalue weighted by atomic mass is 10.2. The first-order valence-electron chi connectivity index (χ1n) is 7.16. The van der Waals surface area contributed by atoms with Crippen LogP contribution in [0.3, 0.4) is 0 Å². The van der Waals surface area contributed by atoms with E-state index in [1.54, 1.807) is 4.68 Å². The lowest BCUT2D eigenvalue weighted by Crippen LogP contribution is -2.36. The minimum absolute atomic E-state index is 0.115. The maximum Gasteiger partial charge on any atom is 0.305 e. The van der Waals surface area contributed by atoms with Gasteiger partial charge in [0.1, 0.15) is 0 Å². The fraction of sp³-hybridized carbons (Fsp3) is 0.714. The average Bonchev–Trinajstić information content (AvgIpc) is 2.97. The van der Waals surface area contributed by atoms with Crippen molar-refractivity contribution in [3.05, 3.63) is 18.0 Å². The molecule has 0 spiro atoms. The van der Waals surface area contributed by atoms with Crippen LogP contribution in [-0.2, 0) is 17.9 Å². The van der Waals surface area contributed by atoms with Gasteiger partial charge in [0, 0.05) is 30.9 Å². The highest BCUT2D eigenvalue weighted by Gasteiger charge is 2.22. The molecular formula is C14H24N4O2. The lowest BCUT2D eigenvalue weighted by Gasteiger charge is -2.25. The molecule has 1 atom stereocenters. The van der Waals surface area contributed by atoms with Crippen molar-refractivity contribution < 1.29 is 9.90 Å². The van der Waals surface area contributed by atoms with Crippen LogP contribution in [0, 0.1) is 0 Å². The Morgan fingerprint density at radius 3 is 3.05 bits per heavy atom. The van der Waals surface area contributed by atoms with Gasteiger partial charge < -0.3 is 14.9 Å². The number of likely N-dealkylation sites (N-methyl/N-ethyl adjacent to an activating group) is 2. The largest absolute Gasteiger partial charge is 0.481 e. The number of carboxylic acids is 1. The average molecular weight is 280 g/mol. The number of aromatic nitrogens is 2. The number of rotatable bonds is 7. The zero-order chi connectivity index (χ0) is 14.5. The van der Waals surface area contributed by atoms with Crippen LogP contribution in [-0.4, -0.2) is 63.9 Å². The van der Waals surface area contributed by atoms with Crippen molar-refractivity contribution >= 4 is 5.97 Å². The van der Waals surface area contributed by atoms with Crippen LogP contribution in [0.1, 0.15) is 24.8 Å². The van der Waals surface area contributed by atoms with E-state index >= 15 is 0 Å². The molecule has 0 amide bonds. The molecule has 1 aliphatic heterocycles. The van der Waals surface area contributed by atoms with E-state index in [0.29, 0.717) is 12.6 Å². The monoisotopic (exact) mass is 280 g/mol. The summed E-state index contributed by atoms with van der Waals surface area (Å²) < 4.78 is 1.71. The van der Waals surface area contributed by atoms with Gasteiger partial charge >= 0.3 is 5.97 Å². The molecule has 1 aromatic heterocycles. The number of likely N-dealkylation sites (tertiary alicyclic amines) is 1. The third-order valence-corrected chi connectivity index (χ3v) is 3.89. The van der Waals surface area contributed by atoms with E-state index in [0.717, 1.165) is 18.7 Å². The van der Waals surface area contributed by atoms with Crippen LogP contribution < -0.4 is 0 Å². The Labute approximate surface area is 120 Å². The van der Waals surface area contributed by atoms with Gasteiger partial charge in [0.25, 0.3) is 0 Å². The van der Waals surface area contributed by atoms with Gasteiger partial charge in [-0.2, -0.15) is 5.10 Å². The summed E-state index contributed by atoms with van der Waals surface area (Å²) >= 11 is 0. The van der Waals surface area contributed by atoms with E-state index in [4.69, 9.17) is 5.11 Å². The Balaban J connectivity index is 1.79. The molecule has 6 nitrogen and oxygen atoms in total. The number of carboxylic acid groups (broad SMARTS) is 1. The van der Waals surface area contributed by atoms with E-state index in [-0.39, 0.29) is 6.42 Å². The molecule has 0 aliphatic carbocycles. The second-order valence-corrected chi connectivity index (χ2v) is 5.73. The fourth-order valence-corrected chi connectivity index (χ4v) is 2.77. The Kier molecular flexibility index (Phi) is 5.14. The maximum atomic E-state index is 10.5. The molecule has 6 heteroatoms. The van der Waals surface area contributed by atoms with Crippen molar-refractivity contribution in [1.82, 2.24) is 19.6 Å². The molecule has 1 N–H and O–H groups in total. The topological polar surface area (TPSA) is 61.6 Å². The third kappa shape index (κ3) is 4.31. The zero-order valence-electron chi connectivity index (χ0n) is 12.3. The van der Waals surface area contributed by atoms with Gasteiger partial charge in [0.2, 0.25) is 0 Å². The van der Waals surface area contributed by atoms with Crippen LogP contribution in [0.2, 0.25) is 0 Å².